The summed E-state index contributed by atoms with van der Waals surface area (Å²) in [7, 11) is 0. The average molecular weight is 249 g/mol. The number of aromatic nitrogens is 1. The van der Waals surface area contributed by atoms with Gasteiger partial charge in [-0.1, -0.05) is 19.3 Å². The molecule has 1 aliphatic rings. The van der Waals surface area contributed by atoms with Crippen molar-refractivity contribution in [1.82, 2.24) is 4.57 Å². The molecule has 1 heterocycles. The Labute approximate surface area is 106 Å². The van der Waals surface area contributed by atoms with E-state index in [1.807, 2.05) is 0 Å². The van der Waals surface area contributed by atoms with Crippen molar-refractivity contribution in [3.63, 3.8) is 0 Å². The lowest BCUT2D eigenvalue weighted by molar-refractivity contribution is 0.0694. The van der Waals surface area contributed by atoms with Gasteiger partial charge < -0.3 is 9.67 Å². The summed E-state index contributed by atoms with van der Waals surface area (Å²) in [4.78, 5) is 23.1. The van der Waals surface area contributed by atoms with Gasteiger partial charge in [-0.05, 0) is 31.7 Å². The Kier molecular flexibility index (Phi) is 3.55. The predicted octanol–water partition coefficient (Wildman–Crippen LogP) is 2.35. The van der Waals surface area contributed by atoms with Crippen LogP contribution in [0.4, 0.5) is 0 Å². The Balaban J connectivity index is 2.30. The number of pyridine rings is 1. The first kappa shape index (κ1) is 12.9. The topological polar surface area (TPSA) is 59.3 Å². The second-order valence-corrected chi connectivity index (χ2v) is 5.17. The summed E-state index contributed by atoms with van der Waals surface area (Å²) in [6.07, 6.45) is 4.74. The standard InChI is InChI=1S/C14H19NO3/c1-9-8-12(16)15(7-6-11-4-3-5-11)10(2)13(9)14(17)18/h8,11H,3-7H2,1-2H3,(H,17,18). The number of aryl methyl sites for hydroxylation is 1. The van der Waals surface area contributed by atoms with Crippen molar-refractivity contribution in [2.24, 2.45) is 5.92 Å². The summed E-state index contributed by atoms with van der Waals surface area (Å²) in [5.41, 5.74) is 1.30. The molecule has 1 fully saturated rings. The van der Waals surface area contributed by atoms with E-state index in [-0.39, 0.29) is 11.1 Å². The zero-order valence-electron chi connectivity index (χ0n) is 10.9. The van der Waals surface area contributed by atoms with Crippen LogP contribution < -0.4 is 5.56 Å². The molecule has 0 aromatic carbocycles. The van der Waals surface area contributed by atoms with Gasteiger partial charge in [-0.25, -0.2) is 4.79 Å². The van der Waals surface area contributed by atoms with Gasteiger partial charge in [-0.2, -0.15) is 0 Å². The Morgan fingerprint density at radius 2 is 2.11 bits per heavy atom. The van der Waals surface area contributed by atoms with E-state index in [0.29, 0.717) is 23.7 Å². The molecular weight excluding hydrogens is 230 g/mol. The van der Waals surface area contributed by atoms with Crippen LogP contribution in [0.1, 0.15) is 47.3 Å². The molecule has 1 aliphatic carbocycles. The molecule has 98 valence electrons. The van der Waals surface area contributed by atoms with Crippen LogP contribution in [0.2, 0.25) is 0 Å². The molecule has 0 bridgehead atoms. The molecule has 1 N–H and O–H groups in total. The lowest BCUT2D eigenvalue weighted by Gasteiger charge is -2.26. The lowest BCUT2D eigenvalue weighted by atomic mass is 9.83. The van der Waals surface area contributed by atoms with Crippen molar-refractivity contribution in [3.05, 3.63) is 33.2 Å². The molecule has 0 amide bonds. The fourth-order valence-electron chi connectivity index (χ4n) is 2.62. The fourth-order valence-corrected chi connectivity index (χ4v) is 2.62. The van der Waals surface area contributed by atoms with E-state index in [0.717, 1.165) is 6.42 Å². The molecule has 0 unspecified atom stereocenters. The molecule has 1 aromatic heterocycles. The number of carbonyl (C=O) groups is 1. The van der Waals surface area contributed by atoms with Crippen LogP contribution in [-0.2, 0) is 6.54 Å². The minimum Gasteiger partial charge on any atom is -0.478 e. The summed E-state index contributed by atoms with van der Waals surface area (Å²) in [5, 5.41) is 9.18. The van der Waals surface area contributed by atoms with E-state index in [9.17, 15) is 14.7 Å². The average Bonchev–Trinajstić information content (AvgIpc) is 2.18. The van der Waals surface area contributed by atoms with Crippen LogP contribution in [0.3, 0.4) is 0 Å². The zero-order valence-corrected chi connectivity index (χ0v) is 10.9. The molecule has 0 aliphatic heterocycles. The maximum atomic E-state index is 11.9. The number of nitrogens with zero attached hydrogens (tertiary/aromatic N) is 1. The molecule has 0 atom stereocenters. The molecule has 0 spiro atoms. The summed E-state index contributed by atoms with van der Waals surface area (Å²) in [6, 6.07) is 1.43. The van der Waals surface area contributed by atoms with E-state index in [2.05, 4.69) is 0 Å². The van der Waals surface area contributed by atoms with Gasteiger partial charge in [0.1, 0.15) is 0 Å². The second-order valence-electron chi connectivity index (χ2n) is 5.17. The number of rotatable bonds is 4. The molecule has 0 radical (unpaired) electrons. The number of hydrogen-bond acceptors (Lipinski definition) is 2. The van der Waals surface area contributed by atoms with E-state index >= 15 is 0 Å². The van der Waals surface area contributed by atoms with Gasteiger partial charge in [0.15, 0.2) is 0 Å². The van der Waals surface area contributed by atoms with E-state index in [4.69, 9.17) is 0 Å². The van der Waals surface area contributed by atoms with Crippen molar-refractivity contribution in [2.75, 3.05) is 0 Å². The highest BCUT2D eigenvalue weighted by atomic mass is 16.4. The number of carboxylic acid groups (broad SMARTS) is 1. The van der Waals surface area contributed by atoms with Gasteiger partial charge in [0.25, 0.3) is 5.56 Å². The van der Waals surface area contributed by atoms with Gasteiger partial charge in [0.05, 0.1) is 5.56 Å². The Morgan fingerprint density at radius 1 is 1.44 bits per heavy atom. The highest BCUT2D eigenvalue weighted by Gasteiger charge is 2.19. The first-order valence-corrected chi connectivity index (χ1v) is 6.45. The van der Waals surface area contributed by atoms with Crippen LogP contribution in [-0.4, -0.2) is 15.6 Å². The van der Waals surface area contributed by atoms with Crippen LogP contribution >= 0.6 is 0 Å². The van der Waals surface area contributed by atoms with Gasteiger partial charge in [0.2, 0.25) is 0 Å². The monoisotopic (exact) mass is 249 g/mol. The molecule has 4 heteroatoms. The van der Waals surface area contributed by atoms with Crippen LogP contribution in [0.15, 0.2) is 10.9 Å². The maximum Gasteiger partial charge on any atom is 0.337 e. The zero-order chi connectivity index (χ0) is 13.3. The van der Waals surface area contributed by atoms with E-state index in [1.165, 1.54) is 25.3 Å². The second kappa shape index (κ2) is 4.96. The molecule has 2 rings (SSSR count). The van der Waals surface area contributed by atoms with Gasteiger partial charge >= 0.3 is 5.97 Å². The molecule has 0 saturated heterocycles. The van der Waals surface area contributed by atoms with Crippen LogP contribution in [0.5, 0.6) is 0 Å². The third-order valence-corrected chi connectivity index (χ3v) is 3.97. The number of carboxylic acids is 1. The van der Waals surface area contributed by atoms with Gasteiger partial charge in [0, 0.05) is 18.3 Å². The first-order valence-electron chi connectivity index (χ1n) is 6.45. The van der Waals surface area contributed by atoms with E-state index in [1.54, 1.807) is 18.4 Å². The van der Waals surface area contributed by atoms with Crippen molar-refractivity contribution < 1.29 is 9.90 Å². The molecule has 4 nitrogen and oxygen atoms in total. The summed E-state index contributed by atoms with van der Waals surface area (Å²) < 4.78 is 1.61. The lowest BCUT2D eigenvalue weighted by Crippen LogP contribution is -2.27. The Morgan fingerprint density at radius 3 is 2.61 bits per heavy atom. The van der Waals surface area contributed by atoms with Crippen LogP contribution in [0, 0.1) is 19.8 Å². The quantitative estimate of drug-likeness (QED) is 0.891. The van der Waals surface area contributed by atoms with Crippen molar-refractivity contribution in [3.8, 4) is 0 Å². The smallest absolute Gasteiger partial charge is 0.337 e. The van der Waals surface area contributed by atoms with Crippen molar-refractivity contribution in [2.45, 2.75) is 46.1 Å². The fraction of sp³-hybridized carbons (Fsp3) is 0.571. The molecule has 18 heavy (non-hydrogen) atoms. The number of hydrogen-bond donors (Lipinski definition) is 1. The minimum atomic E-state index is -0.956. The molecule has 1 aromatic rings. The largest absolute Gasteiger partial charge is 0.478 e. The Hall–Kier alpha value is -1.58. The summed E-state index contributed by atoms with van der Waals surface area (Å²) in [5.74, 6) is -0.242. The third kappa shape index (κ3) is 2.33. The van der Waals surface area contributed by atoms with Gasteiger partial charge in [-0.3, -0.25) is 4.79 Å². The highest BCUT2D eigenvalue weighted by Crippen LogP contribution is 2.29. The predicted molar refractivity (Wildman–Crippen MR) is 69.1 cm³/mol. The maximum absolute atomic E-state index is 11.9. The number of aromatic carboxylic acids is 1. The van der Waals surface area contributed by atoms with Crippen molar-refractivity contribution in [1.29, 1.82) is 0 Å². The normalized spacial score (nSPS) is 15.4. The minimum absolute atomic E-state index is 0.0886. The van der Waals surface area contributed by atoms with Gasteiger partial charge in [-0.15, -0.1) is 0 Å². The SMILES string of the molecule is Cc1cc(=O)n(CCC2CCC2)c(C)c1C(=O)O. The van der Waals surface area contributed by atoms with Crippen LogP contribution in [0.25, 0.3) is 0 Å². The molecule has 1 saturated carbocycles. The van der Waals surface area contributed by atoms with Crippen molar-refractivity contribution >= 4 is 5.97 Å². The third-order valence-electron chi connectivity index (χ3n) is 3.97. The highest BCUT2D eigenvalue weighted by molar-refractivity contribution is 5.90. The first-order chi connectivity index (χ1) is 8.50. The summed E-state index contributed by atoms with van der Waals surface area (Å²) >= 11 is 0. The molecular formula is C14H19NO3. The van der Waals surface area contributed by atoms with E-state index < -0.39 is 5.97 Å². The Bertz CT molecular complexity index is 527. The summed E-state index contributed by atoms with van der Waals surface area (Å²) in [6.45, 7) is 4.03.